The second-order valence-corrected chi connectivity index (χ2v) is 3.98. The number of para-hydroxylation sites is 3. The van der Waals surface area contributed by atoms with Crippen molar-refractivity contribution < 1.29 is 9.47 Å². The van der Waals surface area contributed by atoms with E-state index in [9.17, 15) is 0 Å². The monoisotopic (exact) mass is 223 g/mol. The molecule has 0 amide bonds. The molecule has 82 valence electrons. The van der Waals surface area contributed by atoms with E-state index < -0.39 is 0 Å². The molecule has 1 aliphatic rings. The summed E-state index contributed by atoms with van der Waals surface area (Å²) in [7, 11) is 0. The SMILES string of the molecule is c1ccc2c(c1)Oc1[nH]c3ccccc3c1O2. The lowest BCUT2D eigenvalue weighted by Gasteiger charge is -2.17. The van der Waals surface area contributed by atoms with E-state index in [1.165, 1.54) is 0 Å². The Bertz CT molecular complexity index is 715. The molecule has 3 aromatic rings. The van der Waals surface area contributed by atoms with Crippen molar-refractivity contribution >= 4 is 10.9 Å². The minimum Gasteiger partial charge on any atom is -0.447 e. The first-order valence-electron chi connectivity index (χ1n) is 5.47. The summed E-state index contributed by atoms with van der Waals surface area (Å²) in [6.07, 6.45) is 0. The maximum absolute atomic E-state index is 5.87. The number of hydrogen-bond acceptors (Lipinski definition) is 2. The van der Waals surface area contributed by atoms with Crippen molar-refractivity contribution in [2.45, 2.75) is 0 Å². The van der Waals surface area contributed by atoms with E-state index in [4.69, 9.17) is 9.47 Å². The normalized spacial score (nSPS) is 12.5. The van der Waals surface area contributed by atoms with Gasteiger partial charge in [0.2, 0.25) is 5.88 Å². The molecule has 2 heterocycles. The van der Waals surface area contributed by atoms with Gasteiger partial charge in [-0.1, -0.05) is 24.3 Å². The highest BCUT2D eigenvalue weighted by atomic mass is 16.6. The van der Waals surface area contributed by atoms with E-state index >= 15 is 0 Å². The number of ether oxygens (including phenoxy) is 2. The largest absolute Gasteiger partial charge is 0.447 e. The molecule has 0 fully saturated rings. The number of aromatic nitrogens is 1. The minimum atomic E-state index is 0.671. The molecular weight excluding hydrogens is 214 g/mol. The highest BCUT2D eigenvalue weighted by Crippen LogP contribution is 2.48. The third kappa shape index (κ3) is 1.16. The van der Waals surface area contributed by atoms with Crippen molar-refractivity contribution in [2.75, 3.05) is 0 Å². The summed E-state index contributed by atoms with van der Waals surface area (Å²) in [6, 6.07) is 15.6. The number of hydrogen-bond donors (Lipinski definition) is 1. The number of fused-ring (bicyclic) bond motifs is 4. The zero-order valence-corrected chi connectivity index (χ0v) is 8.94. The quantitative estimate of drug-likeness (QED) is 0.487. The zero-order chi connectivity index (χ0) is 11.2. The fraction of sp³-hybridized carbons (Fsp3) is 0. The Labute approximate surface area is 97.6 Å². The first kappa shape index (κ1) is 8.70. The molecular formula is C14H9NO2. The summed E-state index contributed by atoms with van der Waals surface area (Å²) in [4.78, 5) is 3.21. The number of aromatic amines is 1. The predicted molar refractivity (Wildman–Crippen MR) is 64.9 cm³/mol. The van der Waals surface area contributed by atoms with Crippen LogP contribution < -0.4 is 9.47 Å². The van der Waals surface area contributed by atoms with Gasteiger partial charge in [-0.15, -0.1) is 0 Å². The molecule has 0 unspecified atom stereocenters. The van der Waals surface area contributed by atoms with Crippen LogP contribution >= 0.6 is 0 Å². The van der Waals surface area contributed by atoms with Gasteiger partial charge in [0.05, 0.1) is 5.52 Å². The fourth-order valence-electron chi connectivity index (χ4n) is 2.10. The highest BCUT2D eigenvalue weighted by molar-refractivity contribution is 5.90. The van der Waals surface area contributed by atoms with Gasteiger partial charge in [0.25, 0.3) is 0 Å². The Kier molecular flexibility index (Phi) is 1.56. The number of rotatable bonds is 0. The van der Waals surface area contributed by atoms with Gasteiger partial charge in [0.15, 0.2) is 17.2 Å². The van der Waals surface area contributed by atoms with Crippen LogP contribution in [0.1, 0.15) is 0 Å². The molecule has 3 heteroatoms. The van der Waals surface area contributed by atoms with Crippen molar-refractivity contribution in [3.63, 3.8) is 0 Å². The molecule has 1 N–H and O–H groups in total. The van der Waals surface area contributed by atoms with Crippen LogP contribution in [0.2, 0.25) is 0 Å². The zero-order valence-electron chi connectivity index (χ0n) is 8.94. The van der Waals surface area contributed by atoms with Gasteiger partial charge in [-0.25, -0.2) is 0 Å². The third-order valence-electron chi connectivity index (χ3n) is 2.90. The molecule has 17 heavy (non-hydrogen) atoms. The first-order chi connectivity index (χ1) is 8.42. The molecule has 0 atom stereocenters. The lowest BCUT2D eigenvalue weighted by molar-refractivity contribution is 0.355. The Morgan fingerprint density at radius 2 is 1.47 bits per heavy atom. The van der Waals surface area contributed by atoms with Crippen LogP contribution in [0.25, 0.3) is 10.9 Å². The molecule has 0 bridgehead atoms. The van der Waals surface area contributed by atoms with Crippen molar-refractivity contribution in [1.29, 1.82) is 0 Å². The van der Waals surface area contributed by atoms with E-state index in [0.29, 0.717) is 5.88 Å². The number of H-pyrrole nitrogens is 1. The van der Waals surface area contributed by atoms with E-state index in [1.807, 2.05) is 48.5 Å². The molecule has 3 nitrogen and oxygen atoms in total. The van der Waals surface area contributed by atoms with Crippen LogP contribution in [0, 0.1) is 0 Å². The predicted octanol–water partition coefficient (Wildman–Crippen LogP) is 4.07. The van der Waals surface area contributed by atoms with Gasteiger partial charge < -0.3 is 14.5 Å². The molecule has 0 spiro atoms. The maximum atomic E-state index is 5.87. The maximum Gasteiger partial charge on any atom is 0.242 e. The second-order valence-electron chi connectivity index (χ2n) is 3.98. The molecule has 0 saturated carbocycles. The second kappa shape index (κ2) is 3.04. The smallest absolute Gasteiger partial charge is 0.242 e. The van der Waals surface area contributed by atoms with Crippen LogP contribution in [0.15, 0.2) is 48.5 Å². The van der Waals surface area contributed by atoms with Gasteiger partial charge >= 0.3 is 0 Å². The van der Waals surface area contributed by atoms with Gasteiger partial charge in [-0.3, -0.25) is 0 Å². The van der Waals surface area contributed by atoms with Gasteiger partial charge in [-0.2, -0.15) is 0 Å². The van der Waals surface area contributed by atoms with E-state index in [-0.39, 0.29) is 0 Å². The molecule has 2 aromatic carbocycles. The van der Waals surface area contributed by atoms with Crippen LogP contribution in [-0.2, 0) is 0 Å². The van der Waals surface area contributed by atoms with Gasteiger partial charge in [0.1, 0.15) is 0 Å². The van der Waals surface area contributed by atoms with E-state index in [1.54, 1.807) is 0 Å². The Morgan fingerprint density at radius 1 is 0.765 bits per heavy atom. The number of benzene rings is 2. The average Bonchev–Trinajstić information content (AvgIpc) is 2.73. The Hall–Kier alpha value is -2.42. The van der Waals surface area contributed by atoms with Crippen molar-refractivity contribution in [3.05, 3.63) is 48.5 Å². The molecule has 0 radical (unpaired) electrons. The van der Waals surface area contributed by atoms with Crippen molar-refractivity contribution in [3.8, 4) is 23.1 Å². The minimum absolute atomic E-state index is 0.671. The lowest BCUT2D eigenvalue weighted by Crippen LogP contribution is -1.96. The van der Waals surface area contributed by atoms with Crippen LogP contribution in [0.5, 0.6) is 23.1 Å². The van der Waals surface area contributed by atoms with Crippen molar-refractivity contribution in [2.24, 2.45) is 0 Å². The van der Waals surface area contributed by atoms with Crippen LogP contribution in [0.3, 0.4) is 0 Å². The summed E-state index contributed by atoms with van der Waals surface area (Å²) in [6.45, 7) is 0. The van der Waals surface area contributed by atoms with E-state index in [2.05, 4.69) is 4.98 Å². The molecule has 0 saturated heterocycles. The lowest BCUT2D eigenvalue weighted by atomic mass is 10.2. The summed E-state index contributed by atoms with van der Waals surface area (Å²) in [5.74, 6) is 2.93. The molecule has 1 aliphatic heterocycles. The Balaban J connectivity index is 1.97. The topological polar surface area (TPSA) is 34.2 Å². The van der Waals surface area contributed by atoms with Gasteiger partial charge in [0, 0.05) is 5.39 Å². The summed E-state index contributed by atoms with van der Waals surface area (Å²) in [5.41, 5.74) is 1.02. The van der Waals surface area contributed by atoms with E-state index in [0.717, 1.165) is 28.2 Å². The standard InChI is InChI=1S/C14H9NO2/c1-2-6-10-9(5-1)13-14(15-10)17-12-8-4-3-7-11(12)16-13/h1-8,15H. The van der Waals surface area contributed by atoms with Crippen molar-refractivity contribution in [1.82, 2.24) is 4.98 Å². The summed E-state index contributed by atoms with van der Waals surface area (Å²) < 4.78 is 11.7. The molecule has 1 aromatic heterocycles. The molecule has 0 aliphatic carbocycles. The Morgan fingerprint density at radius 3 is 2.35 bits per heavy atom. The fourth-order valence-corrected chi connectivity index (χ4v) is 2.10. The number of nitrogens with one attached hydrogen (secondary N) is 1. The third-order valence-corrected chi connectivity index (χ3v) is 2.90. The van der Waals surface area contributed by atoms with Crippen LogP contribution in [-0.4, -0.2) is 4.98 Å². The summed E-state index contributed by atoms with van der Waals surface area (Å²) in [5, 5.41) is 1.04. The first-order valence-corrected chi connectivity index (χ1v) is 5.47. The highest BCUT2D eigenvalue weighted by Gasteiger charge is 2.22. The molecule has 4 rings (SSSR count). The average molecular weight is 223 g/mol. The van der Waals surface area contributed by atoms with Crippen LogP contribution in [0.4, 0.5) is 0 Å². The summed E-state index contributed by atoms with van der Waals surface area (Å²) >= 11 is 0. The van der Waals surface area contributed by atoms with Gasteiger partial charge in [-0.05, 0) is 24.3 Å².